The van der Waals surface area contributed by atoms with Crippen molar-refractivity contribution in [1.82, 2.24) is 9.55 Å². The maximum absolute atomic E-state index is 13.1. The van der Waals surface area contributed by atoms with E-state index in [-0.39, 0.29) is 17.3 Å². The fourth-order valence-corrected chi connectivity index (χ4v) is 4.26. The fraction of sp³-hybridized carbons (Fsp3) is 0.235. The Morgan fingerprint density at radius 1 is 1.36 bits per heavy atom. The summed E-state index contributed by atoms with van der Waals surface area (Å²) in [5.41, 5.74) is 1.28. The minimum atomic E-state index is -0.475. The summed E-state index contributed by atoms with van der Waals surface area (Å²) in [5, 5.41) is 2.30. The second-order valence-corrected chi connectivity index (χ2v) is 7.54. The number of methoxy groups -OCH3 is 1. The number of thiophene rings is 1. The number of hydrogen-bond acceptors (Lipinski definition) is 6. The van der Waals surface area contributed by atoms with Crippen molar-refractivity contribution < 1.29 is 13.9 Å². The molecule has 0 N–H and O–H groups in total. The lowest BCUT2D eigenvalue weighted by Crippen LogP contribution is -2.22. The highest BCUT2D eigenvalue weighted by molar-refractivity contribution is 8.00. The summed E-state index contributed by atoms with van der Waals surface area (Å²) in [6.07, 6.45) is 0. The number of carbonyl (C=O) groups excluding carboxylic acids is 1. The number of thioether (sulfide) groups is 1. The summed E-state index contributed by atoms with van der Waals surface area (Å²) >= 11 is 2.52. The first-order valence-corrected chi connectivity index (χ1v) is 9.17. The van der Waals surface area contributed by atoms with E-state index in [1.165, 1.54) is 46.9 Å². The summed E-state index contributed by atoms with van der Waals surface area (Å²) < 4.78 is 19.3. The lowest BCUT2D eigenvalue weighted by Gasteiger charge is -2.11. The number of benzene rings is 1. The van der Waals surface area contributed by atoms with Crippen LogP contribution in [0.3, 0.4) is 0 Å². The molecule has 1 unspecified atom stereocenters. The Labute approximate surface area is 151 Å². The monoisotopic (exact) mass is 378 g/mol. The van der Waals surface area contributed by atoms with Crippen molar-refractivity contribution in [1.29, 1.82) is 0 Å². The van der Waals surface area contributed by atoms with Gasteiger partial charge >= 0.3 is 5.97 Å². The molecule has 0 spiro atoms. The first kappa shape index (κ1) is 17.6. The molecule has 1 atom stereocenters. The zero-order valence-electron chi connectivity index (χ0n) is 13.8. The van der Waals surface area contributed by atoms with Gasteiger partial charge in [-0.15, -0.1) is 11.3 Å². The molecule has 0 amide bonds. The van der Waals surface area contributed by atoms with Crippen molar-refractivity contribution in [2.75, 3.05) is 7.11 Å². The van der Waals surface area contributed by atoms with Gasteiger partial charge in [-0.3, -0.25) is 14.2 Å². The van der Waals surface area contributed by atoms with Gasteiger partial charge in [0.1, 0.15) is 15.9 Å². The summed E-state index contributed by atoms with van der Waals surface area (Å²) in [4.78, 5) is 29.5. The van der Waals surface area contributed by atoms with Gasteiger partial charge in [-0.2, -0.15) is 0 Å². The third kappa shape index (κ3) is 3.32. The van der Waals surface area contributed by atoms with Crippen molar-refractivity contribution in [2.45, 2.75) is 17.3 Å². The second kappa shape index (κ2) is 6.97. The third-order valence-electron chi connectivity index (χ3n) is 3.74. The summed E-state index contributed by atoms with van der Waals surface area (Å²) in [6.45, 7) is 1.70. The topological polar surface area (TPSA) is 61.2 Å². The van der Waals surface area contributed by atoms with Crippen LogP contribution in [-0.2, 0) is 16.6 Å². The van der Waals surface area contributed by atoms with Crippen LogP contribution in [0.1, 0.15) is 6.92 Å². The average molecular weight is 378 g/mol. The van der Waals surface area contributed by atoms with Crippen molar-refractivity contribution in [2.24, 2.45) is 7.05 Å². The molecule has 3 rings (SSSR count). The Morgan fingerprint density at radius 3 is 2.68 bits per heavy atom. The predicted molar refractivity (Wildman–Crippen MR) is 97.6 cm³/mol. The SMILES string of the molecule is COC(=O)C(C)Sc1nc2scc(-c3ccc(F)cc3)c2c(=O)n1C. The molecule has 2 heterocycles. The van der Waals surface area contributed by atoms with Gasteiger partial charge in [0.2, 0.25) is 0 Å². The second-order valence-electron chi connectivity index (χ2n) is 5.38. The highest BCUT2D eigenvalue weighted by Gasteiger charge is 2.20. The molecule has 0 fully saturated rings. The van der Waals surface area contributed by atoms with Crippen molar-refractivity contribution in [3.8, 4) is 11.1 Å². The smallest absolute Gasteiger partial charge is 0.318 e. The summed E-state index contributed by atoms with van der Waals surface area (Å²) in [5.74, 6) is -0.706. The Morgan fingerprint density at radius 2 is 2.04 bits per heavy atom. The molecule has 1 aromatic carbocycles. The molecular formula is C17H15FN2O3S2. The predicted octanol–water partition coefficient (Wildman–Crippen LogP) is 3.45. The molecule has 25 heavy (non-hydrogen) atoms. The molecule has 0 bridgehead atoms. The van der Waals surface area contributed by atoms with E-state index in [0.29, 0.717) is 15.4 Å². The van der Waals surface area contributed by atoms with Gasteiger partial charge in [0, 0.05) is 18.0 Å². The fourth-order valence-electron chi connectivity index (χ4n) is 2.37. The zero-order valence-corrected chi connectivity index (χ0v) is 15.4. The normalized spacial score (nSPS) is 12.3. The van der Waals surface area contributed by atoms with Crippen molar-refractivity contribution in [3.63, 3.8) is 0 Å². The van der Waals surface area contributed by atoms with Gasteiger partial charge in [-0.05, 0) is 24.6 Å². The van der Waals surface area contributed by atoms with Crippen LogP contribution in [0.5, 0.6) is 0 Å². The van der Waals surface area contributed by atoms with E-state index >= 15 is 0 Å². The van der Waals surface area contributed by atoms with E-state index in [4.69, 9.17) is 4.74 Å². The third-order valence-corrected chi connectivity index (χ3v) is 5.74. The minimum absolute atomic E-state index is 0.204. The summed E-state index contributed by atoms with van der Waals surface area (Å²) in [7, 11) is 2.94. The van der Waals surface area contributed by atoms with Crippen LogP contribution in [0, 0.1) is 5.82 Å². The molecule has 0 saturated heterocycles. The van der Waals surface area contributed by atoms with Gasteiger partial charge < -0.3 is 4.74 Å². The van der Waals surface area contributed by atoms with Crippen molar-refractivity contribution in [3.05, 3.63) is 45.8 Å². The standard InChI is InChI=1S/C17H15FN2O3S2/c1-9(16(22)23-3)25-17-19-14-13(15(21)20(17)2)12(8-24-14)10-4-6-11(18)7-5-10/h4-9H,1-3H3. The molecule has 5 nitrogen and oxygen atoms in total. The van der Waals surface area contributed by atoms with Gasteiger partial charge in [-0.1, -0.05) is 23.9 Å². The molecule has 130 valence electrons. The van der Waals surface area contributed by atoms with E-state index in [2.05, 4.69) is 4.98 Å². The first-order valence-electron chi connectivity index (χ1n) is 7.41. The number of rotatable bonds is 4. The van der Waals surface area contributed by atoms with Crippen LogP contribution in [-0.4, -0.2) is 27.9 Å². The van der Waals surface area contributed by atoms with Crippen LogP contribution in [0.2, 0.25) is 0 Å². The maximum atomic E-state index is 13.1. The number of nitrogens with zero attached hydrogens (tertiary/aromatic N) is 2. The number of aromatic nitrogens is 2. The molecule has 3 aromatic rings. The molecule has 0 aliphatic rings. The molecular weight excluding hydrogens is 363 g/mol. The van der Waals surface area contributed by atoms with Crippen LogP contribution >= 0.6 is 23.1 Å². The van der Waals surface area contributed by atoms with E-state index < -0.39 is 5.25 Å². The number of halogens is 1. The molecule has 0 aliphatic carbocycles. The molecule has 0 aliphatic heterocycles. The first-order chi connectivity index (χ1) is 11.9. The number of ether oxygens (including phenoxy) is 1. The van der Waals surface area contributed by atoms with Gasteiger partial charge in [0.25, 0.3) is 5.56 Å². The van der Waals surface area contributed by atoms with Gasteiger partial charge in [0.05, 0.1) is 12.5 Å². The number of fused-ring (bicyclic) bond motifs is 1. The molecule has 2 aromatic heterocycles. The average Bonchev–Trinajstić information content (AvgIpc) is 3.03. The summed E-state index contributed by atoms with van der Waals surface area (Å²) in [6, 6.07) is 5.99. The molecule has 8 heteroatoms. The van der Waals surface area contributed by atoms with Gasteiger partial charge in [-0.25, -0.2) is 9.37 Å². The highest BCUT2D eigenvalue weighted by atomic mass is 32.2. The van der Waals surface area contributed by atoms with Gasteiger partial charge in [0.15, 0.2) is 5.16 Å². The van der Waals surface area contributed by atoms with Crippen LogP contribution in [0.25, 0.3) is 21.3 Å². The van der Waals surface area contributed by atoms with Crippen LogP contribution < -0.4 is 5.56 Å². The Kier molecular flexibility index (Phi) is 4.91. The number of carbonyl (C=O) groups is 1. The Bertz CT molecular complexity index is 996. The molecule has 0 radical (unpaired) electrons. The quantitative estimate of drug-likeness (QED) is 0.395. The molecule has 0 saturated carbocycles. The Balaban J connectivity index is 2.09. The zero-order chi connectivity index (χ0) is 18.1. The largest absolute Gasteiger partial charge is 0.468 e. The van der Waals surface area contributed by atoms with E-state index in [1.54, 1.807) is 26.1 Å². The van der Waals surface area contributed by atoms with E-state index in [0.717, 1.165) is 11.1 Å². The lowest BCUT2D eigenvalue weighted by molar-refractivity contribution is -0.139. The maximum Gasteiger partial charge on any atom is 0.318 e. The number of esters is 1. The van der Waals surface area contributed by atoms with Crippen LogP contribution in [0.4, 0.5) is 4.39 Å². The minimum Gasteiger partial charge on any atom is -0.468 e. The lowest BCUT2D eigenvalue weighted by atomic mass is 10.1. The van der Waals surface area contributed by atoms with Crippen LogP contribution in [0.15, 0.2) is 39.6 Å². The van der Waals surface area contributed by atoms with E-state index in [9.17, 15) is 14.0 Å². The van der Waals surface area contributed by atoms with E-state index in [1.807, 2.05) is 5.38 Å². The van der Waals surface area contributed by atoms with Crippen molar-refractivity contribution >= 4 is 39.3 Å². The number of hydrogen-bond donors (Lipinski definition) is 0. The highest BCUT2D eigenvalue weighted by Crippen LogP contribution is 2.32. The Hall–Kier alpha value is -2.19.